The molecular weight excluding hydrogens is 248 g/mol. The summed E-state index contributed by atoms with van der Waals surface area (Å²) < 4.78 is 9.97. The van der Waals surface area contributed by atoms with Gasteiger partial charge < -0.3 is 14.8 Å². The summed E-state index contributed by atoms with van der Waals surface area (Å²) >= 11 is 5.76. The Morgan fingerprint density at radius 2 is 2.12 bits per heavy atom. The van der Waals surface area contributed by atoms with E-state index >= 15 is 0 Å². The molecule has 0 heterocycles. The van der Waals surface area contributed by atoms with E-state index in [1.54, 1.807) is 6.07 Å². The minimum absolute atomic E-state index is 0.0892. The molecule has 0 bridgehead atoms. The Balaban J connectivity index is 2.67. The molecule has 7 heteroatoms. The predicted octanol–water partition coefficient (Wildman–Crippen LogP) is 2.28. The fourth-order valence-corrected chi connectivity index (χ4v) is 1.48. The molecule has 0 unspecified atom stereocenters. The quantitative estimate of drug-likeness (QED) is 0.483. The molecule has 0 aromatic heterocycles. The zero-order valence-corrected chi connectivity index (χ0v) is 10.2. The first-order chi connectivity index (χ1) is 8.08. The van der Waals surface area contributed by atoms with Crippen LogP contribution in [0.1, 0.15) is 0 Å². The Kier molecular flexibility index (Phi) is 5.14. The predicted molar refractivity (Wildman–Crippen MR) is 64.4 cm³/mol. The molecule has 1 aromatic carbocycles. The molecule has 6 nitrogen and oxygen atoms in total. The van der Waals surface area contributed by atoms with Crippen LogP contribution in [0.15, 0.2) is 18.2 Å². The minimum Gasteiger partial charge on any atom is -0.380 e. The van der Waals surface area contributed by atoms with Gasteiger partial charge in [-0.25, -0.2) is 0 Å². The van der Waals surface area contributed by atoms with Crippen LogP contribution in [0.3, 0.4) is 0 Å². The Labute approximate surface area is 104 Å². The van der Waals surface area contributed by atoms with Gasteiger partial charge in [0, 0.05) is 26.0 Å². The molecule has 0 fully saturated rings. The number of nitro groups is 1. The lowest BCUT2D eigenvalue weighted by Crippen LogP contribution is -2.23. The van der Waals surface area contributed by atoms with Gasteiger partial charge in [0.1, 0.15) is 5.02 Å². The van der Waals surface area contributed by atoms with Gasteiger partial charge in [0.05, 0.1) is 11.5 Å². The van der Waals surface area contributed by atoms with Crippen molar-refractivity contribution in [3.05, 3.63) is 33.3 Å². The molecule has 1 aromatic rings. The number of nitrogens with one attached hydrogen (secondary N) is 1. The summed E-state index contributed by atoms with van der Waals surface area (Å²) in [5, 5.41) is 13.6. The summed E-state index contributed by atoms with van der Waals surface area (Å²) in [6.45, 7) is 0.418. The summed E-state index contributed by atoms with van der Waals surface area (Å²) in [5.41, 5.74) is 0.548. The first-order valence-electron chi connectivity index (χ1n) is 4.82. The van der Waals surface area contributed by atoms with Gasteiger partial charge in [-0.15, -0.1) is 0 Å². The fourth-order valence-electron chi connectivity index (χ4n) is 1.23. The monoisotopic (exact) mass is 260 g/mol. The van der Waals surface area contributed by atoms with Crippen molar-refractivity contribution in [1.82, 2.24) is 0 Å². The van der Waals surface area contributed by atoms with Crippen molar-refractivity contribution in [3.8, 4) is 0 Å². The van der Waals surface area contributed by atoms with Crippen LogP contribution in [0.5, 0.6) is 0 Å². The standard InChI is InChI=1S/C10H13ClN2O4/c1-16-10(17-2)6-12-7-3-4-9(13(14)15)8(11)5-7/h3-5,10,12H,6H2,1-2H3. The highest BCUT2D eigenvalue weighted by atomic mass is 35.5. The van der Waals surface area contributed by atoms with Crippen molar-refractivity contribution in [1.29, 1.82) is 0 Å². The third-order valence-electron chi connectivity index (χ3n) is 2.14. The third-order valence-corrected chi connectivity index (χ3v) is 2.45. The van der Waals surface area contributed by atoms with E-state index < -0.39 is 4.92 Å². The van der Waals surface area contributed by atoms with Gasteiger partial charge in [-0.05, 0) is 12.1 Å². The van der Waals surface area contributed by atoms with Crippen LogP contribution in [-0.4, -0.2) is 32.0 Å². The van der Waals surface area contributed by atoms with Crippen molar-refractivity contribution < 1.29 is 14.4 Å². The number of halogens is 1. The molecule has 0 aliphatic carbocycles. The minimum atomic E-state index is -0.529. The maximum absolute atomic E-state index is 10.6. The lowest BCUT2D eigenvalue weighted by Gasteiger charge is -2.14. The lowest BCUT2D eigenvalue weighted by atomic mass is 10.3. The largest absolute Gasteiger partial charge is 0.380 e. The topological polar surface area (TPSA) is 73.6 Å². The van der Waals surface area contributed by atoms with Crippen LogP contribution in [0.25, 0.3) is 0 Å². The van der Waals surface area contributed by atoms with Crippen LogP contribution in [0.4, 0.5) is 11.4 Å². The molecule has 0 amide bonds. The second-order valence-electron chi connectivity index (χ2n) is 3.21. The van der Waals surface area contributed by atoms with Crippen molar-refractivity contribution >= 4 is 23.0 Å². The Morgan fingerprint density at radius 3 is 2.59 bits per heavy atom. The first kappa shape index (κ1) is 13.7. The van der Waals surface area contributed by atoms with Crippen LogP contribution in [0, 0.1) is 10.1 Å². The molecule has 1 rings (SSSR count). The molecule has 0 saturated heterocycles. The van der Waals surface area contributed by atoms with Crippen LogP contribution >= 0.6 is 11.6 Å². The van der Waals surface area contributed by atoms with Crippen LogP contribution in [-0.2, 0) is 9.47 Å². The molecule has 0 aliphatic rings. The zero-order chi connectivity index (χ0) is 12.8. The summed E-state index contributed by atoms with van der Waals surface area (Å²) in [6, 6.07) is 4.41. The van der Waals surface area contributed by atoms with Crippen molar-refractivity contribution in [3.63, 3.8) is 0 Å². The van der Waals surface area contributed by atoms with Gasteiger partial charge in [0.25, 0.3) is 5.69 Å². The number of ether oxygens (including phenoxy) is 2. The van der Waals surface area contributed by atoms with Gasteiger partial charge in [0.15, 0.2) is 6.29 Å². The van der Waals surface area contributed by atoms with E-state index in [2.05, 4.69) is 5.32 Å². The molecule has 0 radical (unpaired) electrons. The van der Waals surface area contributed by atoms with E-state index in [-0.39, 0.29) is 17.0 Å². The van der Waals surface area contributed by atoms with E-state index in [9.17, 15) is 10.1 Å². The highest BCUT2D eigenvalue weighted by Gasteiger charge is 2.12. The maximum atomic E-state index is 10.6. The number of nitrogens with zero attached hydrogens (tertiary/aromatic N) is 1. The van der Waals surface area contributed by atoms with Crippen molar-refractivity contribution in [2.75, 3.05) is 26.1 Å². The summed E-state index contributed by atoms with van der Waals surface area (Å²) in [7, 11) is 3.05. The lowest BCUT2D eigenvalue weighted by molar-refractivity contribution is -0.384. The van der Waals surface area contributed by atoms with E-state index in [0.717, 1.165) is 0 Å². The highest BCUT2D eigenvalue weighted by Crippen LogP contribution is 2.27. The van der Waals surface area contributed by atoms with E-state index in [4.69, 9.17) is 21.1 Å². The van der Waals surface area contributed by atoms with E-state index in [1.165, 1.54) is 26.4 Å². The third kappa shape index (κ3) is 3.85. The maximum Gasteiger partial charge on any atom is 0.288 e. The number of hydrogen-bond acceptors (Lipinski definition) is 5. The zero-order valence-electron chi connectivity index (χ0n) is 9.47. The normalized spacial score (nSPS) is 10.6. The number of rotatable bonds is 6. The number of nitro benzene ring substituents is 1. The van der Waals surface area contributed by atoms with Crippen molar-refractivity contribution in [2.45, 2.75) is 6.29 Å². The second kappa shape index (κ2) is 6.39. The average Bonchev–Trinajstić information content (AvgIpc) is 2.30. The first-order valence-corrected chi connectivity index (χ1v) is 5.19. The van der Waals surface area contributed by atoms with E-state index in [1.807, 2.05) is 0 Å². The van der Waals surface area contributed by atoms with Crippen molar-refractivity contribution in [2.24, 2.45) is 0 Å². The molecule has 17 heavy (non-hydrogen) atoms. The summed E-state index contributed by atoms with van der Waals surface area (Å²) in [5.74, 6) is 0. The molecule has 0 aliphatic heterocycles. The molecule has 1 N–H and O–H groups in total. The van der Waals surface area contributed by atoms with Gasteiger partial charge >= 0.3 is 0 Å². The summed E-state index contributed by atoms with van der Waals surface area (Å²) in [4.78, 5) is 10.0. The Morgan fingerprint density at radius 1 is 1.47 bits per heavy atom. The summed E-state index contributed by atoms with van der Waals surface area (Å²) in [6.07, 6.45) is -0.385. The number of hydrogen-bond donors (Lipinski definition) is 1. The Bertz CT molecular complexity index is 396. The molecule has 0 spiro atoms. The Hall–Kier alpha value is -1.37. The van der Waals surface area contributed by atoms with Gasteiger partial charge in [-0.2, -0.15) is 0 Å². The number of methoxy groups -OCH3 is 2. The number of anilines is 1. The molecule has 0 saturated carbocycles. The van der Waals surface area contributed by atoms with Crippen LogP contribution < -0.4 is 5.32 Å². The molecule has 0 atom stereocenters. The van der Waals surface area contributed by atoms with Gasteiger partial charge in [-0.1, -0.05) is 11.6 Å². The SMILES string of the molecule is COC(CNc1ccc([N+](=O)[O-])c(Cl)c1)OC. The van der Waals surface area contributed by atoms with E-state index in [0.29, 0.717) is 12.2 Å². The average molecular weight is 261 g/mol. The van der Waals surface area contributed by atoms with Crippen LogP contribution in [0.2, 0.25) is 5.02 Å². The van der Waals surface area contributed by atoms with Gasteiger partial charge in [0.2, 0.25) is 0 Å². The van der Waals surface area contributed by atoms with Gasteiger partial charge in [-0.3, -0.25) is 10.1 Å². The number of benzene rings is 1. The fraction of sp³-hybridized carbons (Fsp3) is 0.400. The molecular formula is C10H13ClN2O4. The smallest absolute Gasteiger partial charge is 0.288 e. The highest BCUT2D eigenvalue weighted by molar-refractivity contribution is 6.32. The second-order valence-corrected chi connectivity index (χ2v) is 3.61. The molecule has 94 valence electrons.